The number of rotatable bonds is 14. The van der Waals surface area contributed by atoms with Crippen LogP contribution in [-0.4, -0.2) is 27.3 Å². The van der Waals surface area contributed by atoms with E-state index >= 15 is 0 Å². The van der Waals surface area contributed by atoms with E-state index in [4.69, 9.17) is 9.47 Å². The maximum absolute atomic E-state index is 12.3. The molecule has 1 rings (SSSR count). The molecule has 0 aliphatic heterocycles. The van der Waals surface area contributed by atoms with Gasteiger partial charge in [0.05, 0.1) is 4.47 Å². The average Bonchev–Trinajstić information content (AvgIpc) is 2.57. The molecule has 1 aromatic rings. The minimum absolute atomic E-state index is 0.208. The Morgan fingerprint density at radius 1 is 1.08 bits per heavy atom. The third-order valence-corrected chi connectivity index (χ3v) is 6.63. The van der Waals surface area contributed by atoms with Crippen molar-refractivity contribution in [2.75, 3.05) is 13.4 Å². The van der Waals surface area contributed by atoms with Gasteiger partial charge in [0.25, 0.3) is 0 Å². The number of ketones is 1. The number of halogens is 1. The lowest BCUT2D eigenvalue weighted by atomic mass is 10.0. The highest BCUT2D eigenvalue weighted by Crippen LogP contribution is 2.27. The normalized spacial score (nSPS) is 11.6. The fourth-order valence-electron chi connectivity index (χ4n) is 2.54. The summed E-state index contributed by atoms with van der Waals surface area (Å²) in [6.07, 6.45) is 7.80. The van der Waals surface area contributed by atoms with Gasteiger partial charge in [0.15, 0.2) is 12.6 Å². The minimum atomic E-state index is -1.07. The van der Waals surface area contributed by atoms with Crippen LogP contribution in [0.3, 0.4) is 0 Å². The van der Waals surface area contributed by atoms with Crippen LogP contribution in [0.1, 0.15) is 62.2 Å². The molecule has 0 aromatic heterocycles. The summed E-state index contributed by atoms with van der Waals surface area (Å²) in [5, 5.41) is 0. The van der Waals surface area contributed by atoms with E-state index in [2.05, 4.69) is 42.5 Å². The Labute approximate surface area is 169 Å². The number of Topliss-reactive ketones (excluding diaryl/α,β-unsaturated/α-hetero) is 1. The second-order valence-electron chi connectivity index (χ2n) is 8.07. The van der Waals surface area contributed by atoms with Crippen molar-refractivity contribution in [1.29, 1.82) is 0 Å². The van der Waals surface area contributed by atoms with Gasteiger partial charge in [-0.1, -0.05) is 58.7 Å². The van der Waals surface area contributed by atoms with Crippen molar-refractivity contribution in [3.8, 4) is 5.75 Å². The van der Waals surface area contributed by atoms with Crippen molar-refractivity contribution in [2.45, 2.75) is 77.6 Å². The van der Waals surface area contributed by atoms with Crippen molar-refractivity contribution in [3.63, 3.8) is 0 Å². The van der Waals surface area contributed by atoms with E-state index in [0.717, 1.165) is 35.5 Å². The van der Waals surface area contributed by atoms with Crippen LogP contribution in [0, 0.1) is 0 Å². The van der Waals surface area contributed by atoms with E-state index in [0.29, 0.717) is 12.2 Å². The zero-order valence-corrected chi connectivity index (χ0v) is 19.5. The number of carbonyl (C=O) groups excluding carboxylic acids is 1. The standard InChI is InChI=1S/C21H35BrO3Si/c1-5-6-7-8-9-10-11-20(23)18-12-13-21(19(22)16-18)25-17-24-14-15-26(2,3)4/h12-13,16H,5-11,14-15,17H2,1-4H3. The molecule has 26 heavy (non-hydrogen) atoms. The molecule has 0 atom stereocenters. The first-order valence-corrected chi connectivity index (χ1v) is 14.4. The lowest BCUT2D eigenvalue weighted by Crippen LogP contribution is -2.22. The Hall–Kier alpha value is -0.653. The number of benzene rings is 1. The van der Waals surface area contributed by atoms with Gasteiger partial charge in [-0.3, -0.25) is 4.79 Å². The van der Waals surface area contributed by atoms with Gasteiger partial charge in [0.1, 0.15) is 5.75 Å². The van der Waals surface area contributed by atoms with Crippen molar-refractivity contribution < 1.29 is 14.3 Å². The number of carbonyl (C=O) groups is 1. The molecular formula is C21H35BrO3Si. The van der Waals surface area contributed by atoms with Crippen LogP contribution in [0.2, 0.25) is 25.7 Å². The third-order valence-electron chi connectivity index (χ3n) is 4.31. The van der Waals surface area contributed by atoms with E-state index in [1.165, 1.54) is 25.7 Å². The molecule has 3 nitrogen and oxygen atoms in total. The highest BCUT2D eigenvalue weighted by atomic mass is 79.9. The van der Waals surface area contributed by atoms with E-state index in [1.54, 1.807) is 0 Å². The molecule has 0 heterocycles. The monoisotopic (exact) mass is 442 g/mol. The van der Waals surface area contributed by atoms with Gasteiger partial charge in [0, 0.05) is 26.7 Å². The Bertz CT molecular complexity index is 541. The molecule has 0 bridgehead atoms. The van der Waals surface area contributed by atoms with Crippen LogP contribution in [-0.2, 0) is 4.74 Å². The van der Waals surface area contributed by atoms with Gasteiger partial charge in [-0.05, 0) is 46.6 Å². The first-order chi connectivity index (χ1) is 12.3. The summed E-state index contributed by atoms with van der Waals surface area (Å²) in [5.41, 5.74) is 0.748. The summed E-state index contributed by atoms with van der Waals surface area (Å²) < 4.78 is 12.0. The second-order valence-corrected chi connectivity index (χ2v) is 14.5. The molecule has 0 spiro atoms. The quantitative estimate of drug-likeness (QED) is 0.133. The molecule has 0 aliphatic rings. The van der Waals surface area contributed by atoms with Gasteiger partial charge >= 0.3 is 0 Å². The number of hydrogen-bond acceptors (Lipinski definition) is 3. The van der Waals surface area contributed by atoms with Crippen molar-refractivity contribution in [3.05, 3.63) is 28.2 Å². The Kier molecular flexibility index (Phi) is 11.4. The molecular weight excluding hydrogens is 408 g/mol. The molecule has 0 N–H and O–H groups in total. The van der Waals surface area contributed by atoms with Crippen molar-refractivity contribution in [2.24, 2.45) is 0 Å². The first kappa shape index (κ1) is 23.4. The largest absolute Gasteiger partial charge is 0.466 e. The van der Waals surface area contributed by atoms with Crippen LogP contribution in [0.25, 0.3) is 0 Å². The highest BCUT2D eigenvalue weighted by Gasteiger charge is 2.12. The molecule has 1 aromatic carbocycles. The predicted octanol–water partition coefficient (Wildman–Crippen LogP) is 7.07. The molecule has 0 saturated carbocycles. The Morgan fingerprint density at radius 3 is 2.42 bits per heavy atom. The van der Waals surface area contributed by atoms with Gasteiger partial charge in [0.2, 0.25) is 0 Å². The molecule has 0 unspecified atom stereocenters. The number of hydrogen-bond donors (Lipinski definition) is 0. The summed E-state index contributed by atoms with van der Waals surface area (Å²) >= 11 is 3.50. The highest BCUT2D eigenvalue weighted by molar-refractivity contribution is 9.10. The molecule has 0 saturated heterocycles. The maximum atomic E-state index is 12.3. The number of unbranched alkanes of at least 4 members (excludes halogenated alkanes) is 5. The summed E-state index contributed by atoms with van der Waals surface area (Å²) in [6.45, 7) is 10.2. The Morgan fingerprint density at radius 2 is 1.77 bits per heavy atom. The molecule has 0 radical (unpaired) electrons. The molecule has 0 aliphatic carbocycles. The SMILES string of the molecule is CCCCCCCCC(=O)c1ccc(OCOCC[Si](C)(C)C)c(Br)c1. The van der Waals surface area contributed by atoms with Gasteiger partial charge in [-0.2, -0.15) is 0 Å². The van der Waals surface area contributed by atoms with Crippen LogP contribution in [0.5, 0.6) is 5.75 Å². The topological polar surface area (TPSA) is 35.5 Å². The van der Waals surface area contributed by atoms with E-state index < -0.39 is 8.07 Å². The zero-order valence-electron chi connectivity index (χ0n) is 16.9. The van der Waals surface area contributed by atoms with Crippen LogP contribution < -0.4 is 4.74 Å². The Balaban J connectivity index is 2.33. The fourth-order valence-corrected chi connectivity index (χ4v) is 3.79. The summed E-state index contributed by atoms with van der Waals surface area (Å²) in [6, 6.07) is 6.68. The van der Waals surface area contributed by atoms with Gasteiger partial charge in [-0.25, -0.2) is 0 Å². The minimum Gasteiger partial charge on any atom is -0.466 e. The summed E-state index contributed by atoms with van der Waals surface area (Å²) in [4.78, 5) is 12.3. The van der Waals surface area contributed by atoms with Crippen LogP contribution in [0.15, 0.2) is 22.7 Å². The van der Waals surface area contributed by atoms with Crippen molar-refractivity contribution in [1.82, 2.24) is 0 Å². The average molecular weight is 443 g/mol. The van der Waals surface area contributed by atoms with E-state index in [-0.39, 0.29) is 12.6 Å². The van der Waals surface area contributed by atoms with E-state index in [9.17, 15) is 4.79 Å². The van der Waals surface area contributed by atoms with Gasteiger partial charge < -0.3 is 9.47 Å². The molecule has 0 fully saturated rings. The van der Waals surface area contributed by atoms with Gasteiger partial charge in [-0.15, -0.1) is 0 Å². The van der Waals surface area contributed by atoms with Crippen LogP contribution >= 0.6 is 15.9 Å². The lowest BCUT2D eigenvalue weighted by molar-refractivity contribution is 0.0216. The maximum Gasteiger partial charge on any atom is 0.189 e. The van der Waals surface area contributed by atoms with E-state index in [1.807, 2.05) is 18.2 Å². The summed E-state index contributed by atoms with van der Waals surface area (Å²) in [7, 11) is -1.07. The molecule has 5 heteroatoms. The van der Waals surface area contributed by atoms with Crippen molar-refractivity contribution >= 4 is 29.8 Å². The smallest absolute Gasteiger partial charge is 0.189 e. The molecule has 148 valence electrons. The second kappa shape index (κ2) is 12.7. The lowest BCUT2D eigenvalue weighted by Gasteiger charge is -2.16. The fraction of sp³-hybridized carbons (Fsp3) is 0.667. The third kappa shape index (κ3) is 10.5. The van der Waals surface area contributed by atoms with Crippen LogP contribution in [0.4, 0.5) is 0 Å². The first-order valence-electron chi connectivity index (χ1n) is 9.87. The summed E-state index contributed by atoms with van der Waals surface area (Å²) in [5.74, 6) is 0.924. The molecule has 0 amide bonds. The number of ether oxygens (including phenoxy) is 2. The zero-order chi connectivity index (χ0) is 19.4. The predicted molar refractivity (Wildman–Crippen MR) is 116 cm³/mol.